The molecule has 2 unspecified atom stereocenters. The summed E-state index contributed by atoms with van der Waals surface area (Å²) in [5, 5.41) is 19.1. The van der Waals surface area contributed by atoms with Gasteiger partial charge >= 0.3 is 5.97 Å². The first kappa shape index (κ1) is 14.5. The Morgan fingerprint density at radius 1 is 1.29 bits per heavy atom. The van der Waals surface area contributed by atoms with Gasteiger partial charge in [0.15, 0.2) is 0 Å². The highest BCUT2D eigenvalue weighted by molar-refractivity contribution is 5.66. The average molecular weight is 242 g/mol. The summed E-state index contributed by atoms with van der Waals surface area (Å²) in [6.07, 6.45) is 5.17. The van der Waals surface area contributed by atoms with E-state index in [0.29, 0.717) is 12.3 Å². The second-order valence-electron chi connectivity index (χ2n) is 6.61. The van der Waals surface area contributed by atoms with Crippen LogP contribution in [0, 0.1) is 11.3 Å². The van der Waals surface area contributed by atoms with Crippen molar-refractivity contribution in [3.63, 3.8) is 0 Å². The van der Waals surface area contributed by atoms with Gasteiger partial charge in [0.1, 0.15) is 0 Å². The molecule has 0 heterocycles. The number of carbonyl (C=O) groups is 1. The van der Waals surface area contributed by atoms with Crippen LogP contribution in [0.15, 0.2) is 0 Å². The van der Waals surface area contributed by atoms with Crippen molar-refractivity contribution in [2.24, 2.45) is 11.3 Å². The first-order valence-corrected chi connectivity index (χ1v) is 6.67. The molecule has 17 heavy (non-hydrogen) atoms. The molecule has 0 amide bonds. The molecule has 1 fully saturated rings. The van der Waals surface area contributed by atoms with Crippen molar-refractivity contribution in [2.45, 2.75) is 71.3 Å². The molecule has 2 N–H and O–H groups in total. The van der Waals surface area contributed by atoms with Crippen LogP contribution in [-0.4, -0.2) is 21.8 Å². The summed E-state index contributed by atoms with van der Waals surface area (Å²) in [5.41, 5.74) is -0.448. The molecule has 1 aliphatic rings. The van der Waals surface area contributed by atoms with Gasteiger partial charge < -0.3 is 10.2 Å². The monoisotopic (exact) mass is 242 g/mol. The lowest BCUT2D eigenvalue weighted by Crippen LogP contribution is -2.29. The molecular weight excluding hydrogens is 216 g/mol. The first-order chi connectivity index (χ1) is 7.73. The largest absolute Gasteiger partial charge is 0.481 e. The molecule has 0 bridgehead atoms. The van der Waals surface area contributed by atoms with E-state index in [0.717, 1.165) is 32.1 Å². The molecule has 3 nitrogen and oxygen atoms in total. The summed E-state index contributed by atoms with van der Waals surface area (Å²) in [7, 11) is 0. The fourth-order valence-electron chi connectivity index (χ4n) is 2.85. The van der Waals surface area contributed by atoms with Crippen LogP contribution in [0.1, 0.15) is 65.7 Å². The number of hydrogen-bond donors (Lipinski definition) is 2. The normalized spacial score (nSPS) is 30.9. The molecular formula is C14H26O3. The SMILES string of the molecule is CC(C)(C)C1CCCC(O)(CCC(=O)O)CC1. The molecule has 0 aromatic carbocycles. The zero-order valence-corrected chi connectivity index (χ0v) is 11.3. The Balaban J connectivity index is 2.54. The Hall–Kier alpha value is -0.570. The minimum atomic E-state index is -0.810. The van der Waals surface area contributed by atoms with Crippen molar-refractivity contribution in [1.29, 1.82) is 0 Å². The molecule has 0 spiro atoms. The van der Waals surface area contributed by atoms with E-state index in [1.165, 1.54) is 0 Å². The minimum absolute atomic E-state index is 0.0800. The maximum atomic E-state index is 10.6. The Bertz CT molecular complexity index is 267. The molecule has 0 saturated heterocycles. The molecule has 2 atom stereocenters. The number of rotatable bonds is 3. The summed E-state index contributed by atoms with van der Waals surface area (Å²) in [4.78, 5) is 10.6. The van der Waals surface area contributed by atoms with Crippen LogP contribution in [0.5, 0.6) is 0 Å². The van der Waals surface area contributed by atoms with Gasteiger partial charge in [0.25, 0.3) is 0 Å². The fraction of sp³-hybridized carbons (Fsp3) is 0.929. The Kier molecular flexibility index (Phi) is 4.59. The summed E-state index contributed by atoms with van der Waals surface area (Å²) >= 11 is 0. The third-order valence-corrected chi connectivity index (χ3v) is 4.18. The van der Waals surface area contributed by atoms with Gasteiger partial charge in [-0.3, -0.25) is 4.79 Å². The maximum Gasteiger partial charge on any atom is 0.303 e. The van der Waals surface area contributed by atoms with E-state index in [-0.39, 0.29) is 11.8 Å². The van der Waals surface area contributed by atoms with Crippen LogP contribution in [0.4, 0.5) is 0 Å². The molecule has 0 aliphatic heterocycles. The lowest BCUT2D eigenvalue weighted by molar-refractivity contribution is -0.138. The summed E-state index contributed by atoms with van der Waals surface area (Å²) in [6, 6.07) is 0. The molecule has 100 valence electrons. The van der Waals surface area contributed by atoms with Gasteiger partial charge in [-0.05, 0) is 43.4 Å². The molecule has 0 aromatic rings. The lowest BCUT2D eigenvalue weighted by atomic mass is 9.76. The Morgan fingerprint density at radius 3 is 2.47 bits per heavy atom. The quantitative estimate of drug-likeness (QED) is 0.747. The summed E-state index contributed by atoms with van der Waals surface area (Å²) < 4.78 is 0. The van der Waals surface area contributed by atoms with Crippen molar-refractivity contribution in [2.75, 3.05) is 0 Å². The first-order valence-electron chi connectivity index (χ1n) is 6.67. The van der Waals surface area contributed by atoms with Gasteiger partial charge in [-0.25, -0.2) is 0 Å². The van der Waals surface area contributed by atoms with E-state index >= 15 is 0 Å². The van der Waals surface area contributed by atoms with E-state index in [9.17, 15) is 9.90 Å². The van der Waals surface area contributed by atoms with Gasteiger partial charge in [-0.1, -0.05) is 27.2 Å². The molecule has 1 rings (SSSR count). The predicted molar refractivity (Wildman–Crippen MR) is 67.8 cm³/mol. The highest BCUT2D eigenvalue weighted by Crippen LogP contribution is 2.40. The van der Waals surface area contributed by atoms with Crippen LogP contribution in [0.2, 0.25) is 0 Å². The van der Waals surface area contributed by atoms with Crippen molar-refractivity contribution >= 4 is 5.97 Å². The fourth-order valence-corrected chi connectivity index (χ4v) is 2.85. The van der Waals surface area contributed by atoms with E-state index < -0.39 is 11.6 Å². The second-order valence-corrected chi connectivity index (χ2v) is 6.61. The second kappa shape index (κ2) is 5.38. The van der Waals surface area contributed by atoms with Crippen LogP contribution in [0.3, 0.4) is 0 Å². The number of carboxylic acid groups (broad SMARTS) is 1. The van der Waals surface area contributed by atoms with Crippen LogP contribution in [-0.2, 0) is 4.79 Å². The van der Waals surface area contributed by atoms with Gasteiger partial charge in [-0.15, -0.1) is 0 Å². The van der Waals surface area contributed by atoms with Gasteiger partial charge in [0.2, 0.25) is 0 Å². The molecule has 3 heteroatoms. The summed E-state index contributed by atoms with van der Waals surface area (Å²) in [5.74, 6) is -0.170. The Morgan fingerprint density at radius 2 is 1.94 bits per heavy atom. The zero-order chi connectivity index (χ0) is 13.1. The van der Waals surface area contributed by atoms with E-state index in [4.69, 9.17) is 5.11 Å². The average Bonchev–Trinajstić information content (AvgIpc) is 2.37. The number of carboxylic acids is 1. The van der Waals surface area contributed by atoms with Crippen molar-refractivity contribution < 1.29 is 15.0 Å². The van der Waals surface area contributed by atoms with E-state index in [1.807, 2.05) is 0 Å². The molecule has 1 saturated carbocycles. The highest BCUT2D eigenvalue weighted by atomic mass is 16.4. The minimum Gasteiger partial charge on any atom is -0.481 e. The molecule has 0 radical (unpaired) electrons. The summed E-state index contributed by atoms with van der Waals surface area (Å²) in [6.45, 7) is 6.75. The van der Waals surface area contributed by atoms with Crippen LogP contribution >= 0.6 is 0 Å². The lowest BCUT2D eigenvalue weighted by Gasteiger charge is -2.30. The predicted octanol–water partition coefficient (Wildman–Crippen LogP) is 3.21. The third-order valence-electron chi connectivity index (χ3n) is 4.18. The van der Waals surface area contributed by atoms with Crippen molar-refractivity contribution in [3.05, 3.63) is 0 Å². The zero-order valence-electron chi connectivity index (χ0n) is 11.3. The van der Waals surface area contributed by atoms with Crippen molar-refractivity contribution in [1.82, 2.24) is 0 Å². The topological polar surface area (TPSA) is 57.5 Å². The van der Waals surface area contributed by atoms with E-state index in [1.54, 1.807) is 0 Å². The highest BCUT2D eigenvalue weighted by Gasteiger charge is 2.34. The molecule has 0 aromatic heterocycles. The number of aliphatic carboxylic acids is 1. The van der Waals surface area contributed by atoms with Crippen LogP contribution < -0.4 is 0 Å². The van der Waals surface area contributed by atoms with Gasteiger partial charge in [0.05, 0.1) is 5.60 Å². The third kappa shape index (κ3) is 4.66. The Labute approximate surface area is 104 Å². The van der Waals surface area contributed by atoms with Crippen molar-refractivity contribution in [3.8, 4) is 0 Å². The number of hydrogen-bond acceptors (Lipinski definition) is 2. The maximum absolute atomic E-state index is 10.6. The van der Waals surface area contributed by atoms with E-state index in [2.05, 4.69) is 20.8 Å². The van der Waals surface area contributed by atoms with Gasteiger partial charge in [-0.2, -0.15) is 0 Å². The van der Waals surface area contributed by atoms with Gasteiger partial charge in [0, 0.05) is 6.42 Å². The van der Waals surface area contributed by atoms with Crippen LogP contribution in [0.25, 0.3) is 0 Å². The number of aliphatic hydroxyl groups is 1. The molecule has 1 aliphatic carbocycles. The standard InChI is InChI=1S/C14H26O3/c1-13(2,3)11-5-4-8-14(17,9-6-11)10-7-12(15)16/h11,17H,4-10H2,1-3H3,(H,15,16). The smallest absolute Gasteiger partial charge is 0.303 e.